The van der Waals surface area contributed by atoms with Crippen molar-refractivity contribution in [3.05, 3.63) is 53.3 Å². The lowest BCUT2D eigenvalue weighted by Gasteiger charge is -2.24. The van der Waals surface area contributed by atoms with Crippen molar-refractivity contribution < 1.29 is 8.42 Å². The Balaban J connectivity index is 2.58. The quantitative estimate of drug-likeness (QED) is 0.814. The molecule has 0 aliphatic rings. The van der Waals surface area contributed by atoms with Crippen LogP contribution in [-0.4, -0.2) is 19.9 Å². The normalized spacial score (nSPS) is 11.3. The third kappa shape index (κ3) is 2.64. The van der Waals surface area contributed by atoms with E-state index in [9.17, 15) is 8.42 Å². The van der Waals surface area contributed by atoms with Crippen LogP contribution in [0.3, 0.4) is 0 Å². The number of hydrogen-bond donors (Lipinski definition) is 0. The van der Waals surface area contributed by atoms with Gasteiger partial charge in [0.2, 0.25) is 0 Å². The van der Waals surface area contributed by atoms with Crippen LogP contribution in [0.25, 0.3) is 0 Å². The SMILES string of the molecule is CCN(c1ccccc1C)S(=O)(=O)c1cccnc1Cl. The van der Waals surface area contributed by atoms with Gasteiger partial charge in [0.15, 0.2) is 0 Å². The van der Waals surface area contributed by atoms with E-state index in [-0.39, 0.29) is 10.0 Å². The predicted octanol–water partition coefficient (Wildman–Crippen LogP) is 3.26. The first kappa shape index (κ1) is 14.8. The Morgan fingerprint density at radius 2 is 1.90 bits per heavy atom. The summed E-state index contributed by atoms with van der Waals surface area (Å²) in [6.07, 6.45) is 1.46. The van der Waals surface area contributed by atoms with Gasteiger partial charge in [0.05, 0.1) is 5.69 Å². The Labute approximate surface area is 124 Å². The monoisotopic (exact) mass is 310 g/mol. The highest BCUT2D eigenvalue weighted by atomic mass is 35.5. The van der Waals surface area contributed by atoms with Gasteiger partial charge in [0.1, 0.15) is 10.0 Å². The van der Waals surface area contributed by atoms with Crippen molar-refractivity contribution in [3.63, 3.8) is 0 Å². The van der Waals surface area contributed by atoms with Crippen LogP contribution in [0.5, 0.6) is 0 Å². The number of aryl methyl sites for hydroxylation is 1. The summed E-state index contributed by atoms with van der Waals surface area (Å²) in [6.45, 7) is 3.98. The van der Waals surface area contributed by atoms with Gasteiger partial charge >= 0.3 is 0 Å². The molecule has 106 valence electrons. The van der Waals surface area contributed by atoms with Gasteiger partial charge in [-0.1, -0.05) is 29.8 Å². The van der Waals surface area contributed by atoms with Gasteiger partial charge < -0.3 is 0 Å². The minimum Gasteiger partial charge on any atom is -0.266 e. The second-order valence-electron chi connectivity index (χ2n) is 4.25. The zero-order valence-corrected chi connectivity index (χ0v) is 12.8. The van der Waals surface area contributed by atoms with Crippen LogP contribution in [0.15, 0.2) is 47.5 Å². The zero-order chi connectivity index (χ0) is 14.8. The van der Waals surface area contributed by atoms with Gasteiger partial charge in [0, 0.05) is 12.7 Å². The average molecular weight is 311 g/mol. The lowest BCUT2D eigenvalue weighted by atomic mass is 10.2. The lowest BCUT2D eigenvalue weighted by Crippen LogP contribution is -2.31. The standard InChI is InChI=1S/C14H15ClN2O2S/c1-3-17(12-8-5-4-7-11(12)2)20(18,19)13-9-6-10-16-14(13)15/h4-10H,3H2,1-2H3. The van der Waals surface area contributed by atoms with Crippen LogP contribution in [0.4, 0.5) is 5.69 Å². The van der Waals surface area contributed by atoms with E-state index < -0.39 is 10.0 Å². The van der Waals surface area contributed by atoms with Crippen molar-refractivity contribution >= 4 is 27.3 Å². The first-order chi connectivity index (χ1) is 9.48. The number of nitrogens with zero attached hydrogens (tertiary/aromatic N) is 2. The molecular formula is C14H15ClN2O2S. The predicted molar refractivity (Wildman–Crippen MR) is 80.6 cm³/mol. The fourth-order valence-electron chi connectivity index (χ4n) is 2.00. The highest BCUT2D eigenvalue weighted by molar-refractivity contribution is 7.93. The minimum atomic E-state index is -3.72. The fourth-order valence-corrected chi connectivity index (χ4v) is 3.96. The summed E-state index contributed by atoms with van der Waals surface area (Å²) < 4.78 is 26.8. The van der Waals surface area contributed by atoms with Crippen molar-refractivity contribution in [2.24, 2.45) is 0 Å². The first-order valence-electron chi connectivity index (χ1n) is 6.17. The molecule has 1 aromatic carbocycles. The number of hydrogen-bond acceptors (Lipinski definition) is 3. The molecule has 0 amide bonds. The van der Waals surface area contributed by atoms with Crippen molar-refractivity contribution in [2.75, 3.05) is 10.8 Å². The molecule has 2 rings (SSSR count). The molecule has 4 nitrogen and oxygen atoms in total. The summed E-state index contributed by atoms with van der Waals surface area (Å²) in [4.78, 5) is 3.86. The summed E-state index contributed by atoms with van der Waals surface area (Å²) in [5.41, 5.74) is 1.54. The van der Waals surface area contributed by atoms with Crippen LogP contribution < -0.4 is 4.31 Å². The molecule has 0 unspecified atom stereocenters. The van der Waals surface area contributed by atoms with E-state index in [1.807, 2.05) is 25.1 Å². The highest BCUT2D eigenvalue weighted by Crippen LogP contribution is 2.28. The van der Waals surface area contributed by atoms with Gasteiger partial charge in [-0.25, -0.2) is 13.4 Å². The largest absolute Gasteiger partial charge is 0.267 e. The van der Waals surface area contributed by atoms with E-state index in [1.54, 1.807) is 19.1 Å². The number of halogens is 1. The molecule has 0 bridgehead atoms. The number of benzene rings is 1. The van der Waals surface area contributed by atoms with Crippen LogP contribution in [-0.2, 0) is 10.0 Å². The molecule has 1 heterocycles. The summed E-state index contributed by atoms with van der Waals surface area (Å²) in [5.74, 6) is 0. The van der Waals surface area contributed by atoms with Crippen LogP contribution in [0.1, 0.15) is 12.5 Å². The average Bonchev–Trinajstić information content (AvgIpc) is 2.42. The number of sulfonamides is 1. The maximum atomic E-state index is 12.7. The Kier molecular flexibility index (Phi) is 4.30. The van der Waals surface area contributed by atoms with Gasteiger partial charge in [-0.05, 0) is 37.6 Å². The smallest absolute Gasteiger partial charge is 0.266 e. The van der Waals surface area contributed by atoms with E-state index in [0.29, 0.717) is 12.2 Å². The molecule has 0 spiro atoms. The molecule has 0 saturated heterocycles. The topological polar surface area (TPSA) is 50.3 Å². The van der Waals surface area contributed by atoms with Gasteiger partial charge in [-0.3, -0.25) is 4.31 Å². The number of rotatable bonds is 4. The molecule has 0 radical (unpaired) electrons. The molecule has 6 heteroatoms. The molecule has 2 aromatic rings. The van der Waals surface area contributed by atoms with E-state index >= 15 is 0 Å². The highest BCUT2D eigenvalue weighted by Gasteiger charge is 2.27. The van der Waals surface area contributed by atoms with Crippen molar-refractivity contribution in [3.8, 4) is 0 Å². The van der Waals surface area contributed by atoms with Gasteiger partial charge in [-0.2, -0.15) is 0 Å². The number of para-hydroxylation sites is 1. The van der Waals surface area contributed by atoms with Crippen LogP contribution in [0.2, 0.25) is 5.15 Å². The maximum absolute atomic E-state index is 12.7. The molecule has 20 heavy (non-hydrogen) atoms. The number of pyridine rings is 1. The molecule has 0 aliphatic heterocycles. The van der Waals surface area contributed by atoms with E-state index in [0.717, 1.165) is 5.56 Å². The molecule has 1 aromatic heterocycles. The first-order valence-corrected chi connectivity index (χ1v) is 7.99. The fraction of sp³-hybridized carbons (Fsp3) is 0.214. The Hall–Kier alpha value is -1.59. The molecule has 0 N–H and O–H groups in total. The molecule has 0 fully saturated rings. The summed E-state index contributed by atoms with van der Waals surface area (Å²) in [7, 11) is -3.72. The van der Waals surface area contributed by atoms with Crippen molar-refractivity contribution in [1.29, 1.82) is 0 Å². The minimum absolute atomic E-state index is 0.0143. The third-order valence-corrected chi connectivity index (χ3v) is 5.30. The summed E-state index contributed by atoms with van der Waals surface area (Å²) in [6, 6.07) is 10.4. The number of anilines is 1. The van der Waals surface area contributed by atoms with Crippen molar-refractivity contribution in [1.82, 2.24) is 4.98 Å². The Morgan fingerprint density at radius 1 is 1.20 bits per heavy atom. The summed E-state index contributed by atoms with van der Waals surface area (Å²) in [5, 5.41) is -0.0143. The van der Waals surface area contributed by atoms with E-state index in [2.05, 4.69) is 4.98 Å². The second-order valence-corrected chi connectivity index (χ2v) is 6.44. The lowest BCUT2D eigenvalue weighted by molar-refractivity contribution is 0.591. The molecule has 0 atom stereocenters. The number of aromatic nitrogens is 1. The second kappa shape index (κ2) is 5.81. The maximum Gasteiger partial charge on any atom is 0.267 e. The summed E-state index contributed by atoms with van der Waals surface area (Å²) >= 11 is 5.92. The Bertz CT molecular complexity index is 717. The van der Waals surface area contributed by atoms with Crippen LogP contribution in [0, 0.1) is 6.92 Å². The molecule has 0 saturated carbocycles. The molecule has 0 aliphatic carbocycles. The van der Waals surface area contributed by atoms with E-state index in [4.69, 9.17) is 11.6 Å². The van der Waals surface area contributed by atoms with Crippen LogP contribution >= 0.6 is 11.6 Å². The van der Waals surface area contributed by atoms with Gasteiger partial charge in [-0.15, -0.1) is 0 Å². The van der Waals surface area contributed by atoms with E-state index in [1.165, 1.54) is 16.6 Å². The molecular weight excluding hydrogens is 296 g/mol. The van der Waals surface area contributed by atoms with Crippen molar-refractivity contribution in [2.45, 2.75) is 18.7 Å². The van der Waals surface area contributed by atoms with Gasteiger partial charge in [0.25, 0.3) is 10.0 Å². The zero-order valence-electron chi connectivity index (χ0n) is 11.2. The third-order valence-electron chi connectivity index (χ3n) is 2.96. The Morgan fingerprint density at radius 3 is 2.50 bits per heavy atom.